The van der Waals surface area contributed by atoms with Gasteiger partial charge in [0.2, 0.25) is 0 Å². The number of aromatic amines is 1. The van der Waals surface area contributed by atoms with Crippen molar-refractivity contribution in [3.8, 4) is 5.75 Å². The fourth-order valence-corrected chi connectivity index (χ4v) is 20.6. The zero-order valence-electron chi connectivity index (χ0n) is 71.9. The smallest absolute Gasteiger partial charge is 0.134 e. The van der Waals surface area contributed by atoms with Crippen molar-refractivity contribution >= 4 is 185 Å². The van der Waals surface area contributed by atoms with E-state index >= 15 is 0 Å². The maximum Gasteiger partial charge on any atom is 0.134 e. The molecule has 3 aliphatic heterocycles. The van der Waals surface area contributed by atoms with Crippen molar-refractivity contribution in [1.29, 1.82) is 0 Å². The first kappa shape index (κ1) is 84.8. The Morgan fingerprint density at radius 1 is 0.318 bits per heavy atom. The molecule has 0 saturated heterocycles. The number of aromatic nitrogens is 1. The Bertz CT molecular complexity index is 7380. The third-order valence-corrected chi connectivity index (χ3v) is 27.1. The molecule has 0 spiro atoms. The predicted octanol–water partition coefficient (Wildman–Crippen LogP) is 33.4. The fraction of sp³-hybridized carbons (Fsp3) is 0.0820. The van der Waals surface area contributed by atoms with Crippen LogP contribution in [-0.4, -0.2) is 23.9 Å². The summed E-state index contributed by atoms with van der Waals surface area (Å²) in [6.07, 6.45) is 16.6. The third kappa shape index (κ3) is 19.0. The van der Waals surface area contributed by atoms with Crippen molar-refractivity contribution in [2.24, 2.45) is 0 Å². The Labute approximate surface area is 786 Å². The van der Waals surface area contributed by atoms with E-state index in [4.69, 9.17) is 9.15 Å². The molecule has 2 aliphatic carbocycles. The molecule has 3 aromatic heterocycles. The predicted molar refractivity (Wildman–Crippen MR) is 553 cm³/mol. The van der Waals surface area contributed by atoms with Gasteiger partial charge in [-0.05, 0) is 240 Å². The quantitative estimate of drug-likeness (QED) is 0.117. The minimum atomic E-state index is 0. The number of ether oxygens (including phenoxy) is 1. The van der Waals surface area contributed by atoms with E-state index in [2.05, 4.69) is 404 Å². The van der Waals surface area contributed by atoms with Crippen molar-refractivity contribution < 1.29 is 41.9 Å². The van der Waals surface area contributed by atoms with Gasteiger partial charge in [-0.15, -0.1) is 39.9 Å². The maximum atomic E-state index is 5.51. The molecule has 129 heavy (non-hydrogen) atoms. The first-order valence-electron chi connectivity index (χ1n) is 44.6. The maximum absolute atomic E-state index is 5.51. The topological polar surface area (TPSA) is 50.2 Å². The number of hydrogen-bond acceptors (Lipinski definition) is 5. The van der Waals surface area contributed by atoms with Crippen molar-refractivity contribution in [3.63, 3.8) is 0 Å². The standard InChI is InChI=1S/C14H10.C13H12.C13H10.C12H11N.C12H9N.C12H10O.C12H8O.C12H10S.C12H8S.C10H7.Y/c1-3-7-13-11(5-1)9-10-12-6-2-4-8-14(12)13;2*1-2-6-12-10(4-1)8-9-11-5-3-7-13(11)12;6*1-2-4-10-9(3-1)5-6-12-11(10)7-8-13-12;1-2-6-10-8-4-3-7-9(10)5-1;/h1-10H;1-2,4,6,8-9H,3,5,7H2;1-4,6-9H,5H2;1-6,13H,7-8H2;1-8,13H;1-6H,7-8H2;1-8H;1-6H,7-8H2;1-8H;1-3,5-8H;/q;;;;;;;;;-1;. The van der Waals surface area contributed by atoms with Crippen LogP contribution in [0, 0.1) is 6.07 Å². The molecular formula is C122H95N2O2S2Y-. The molecule has 0 fully saturated rings. The van der Waals surface area contributed by atoms with E-state index in [0.717, 1.165) is 43.7 Å². The Morgan fingerprint density at radius 3 is 1.42 bits per heavy atom. The summed E-state index contributed by atoms with van der Waals surface area (Å²) in [5.74, 6) is 2.32. The van der Waals surface area contributed by atoms with Crippen LogP contribution >= 0.6 is 23.1 Å². The number of fused-ring (bicyclic) bond motifs is 28. The van der Waals surface area contributed by atoms with E-state index < -0.39 is 0 Å². The van der Waals surface area contributed by atoms with Gasteiger partial charge >= 0.3 is 0 Å². The molecule has 21 aromatic carbocycles. The van der Waals surface area contributed by atoms with Crippen LogP contribution in [0.2, 0.25) is 0 Å². The second-order valence-corrected chi connectivity index (χ2v) is 34.8. The average Bonchev–Trinajstić information content (AvgIpc) is 1.15. The summed E-state index contributed by atoms with van der Waals surface area (Å²) >= 11 is 3.78. The van der Waals surface area contributed by atoms with E-state index in [1.807, 2.05) is 60.4 Å². The molecule has 621 valence electrons. The van der Waals surface area contributed by atoms with E-state index in [-0.39, 0.29) is 32.7 Å². The first-order valence-corrected chi connectivity index (χ1v) is 46.4. The van der Waals surface area contributed by atoms with E-state index in [9.17, 15) is 0 Å². The van der Waals surface area contributed by atoms with Crippen molar-refractivity contribution in [1.82, 2.24) is 4.98 Å². The van der Waals surface area contributed by atoms with Gasteiger partial charge in [0.1, 0.15) is 11.3 Å². The Kier molecular flexibility index (Phi) is 26.6. The summed E-state index contributed by atoms with van der Waals surface area (Å²) in [5, 5.41) is 38.9. The average molecular weight is 1770 g/mol. The molecule has 0 unspecified atom stereocenters. The number of allylic oxidation sites excluding steroid dienone is 1. The second kappa shape index (κ2) is 40.5. The van der Waals surface area contributed by atoms with Crippen LogP contribution in [0.15, 0.2) is 446 Å². The third-order valence-electron chi connectivity index (χ3n) is 25.1. The number of anilines is 1. The van der Waals surface area contributed by atoms with Gasteiger partial charge in [-0.25, -0.2) is 0 Å². The van der Waals surface area contributed by atoms with E-state index in [1.165, 1.54) is 209 Å². The van der Waals surface area contributed by atoms with Gasteiger partial charge in [-0.1, -0.05) is 346 Å². The minimum Gasteiger partial charge on any atom is -0.493 e. The molecule has 24 aromatic rings. The summed E-state index contributed by atoms with van der Waals surface area (Å²) in [6, 6.07) is 148. The van der Waals surface area contributed by atoms with E-state index in [0.29, 0.717) is 0 Å². The number of furan rings is 1. The number of H-pyrrole nitrogens is 1. The number of hydrogen-bond donors (Lipinski definition) is 2. The molecular weight excluding hydrogens is 1680 g/mol. The number of thiophene rings is 1. The van der Waals surface area contributed by atoms with Gasteiger partial charge in [0.05, 0.1) is 12.9 Å². The SMILES string of the molecule is C1=Cc2c(ccc3ccccc23)C1.[Y].[c-]1ccc2ccccc2c1.c1ccc2c(c1)ccc1[nH]ccc12.c1ccc2c(c1)ccc1ccccc12.c1ccc2c(c1)ccc1occc12.c1ccc2c(c1)ccc1sccc12.c1ccc2c3c(ccc2c1)CCC3.c1ccc2c3c(ccc2c1)NCC3.c1ccc2c3c(ccc2c1)OCC3.c1ccc2c3c(ccc2c1)SCC3. The molecule has 0 bridgehead atoms. The largest absolute Gasteiger partial charge is 0.493 e. The number of nitrogens with one attached hydrogen (secondary N) is 2. The zero-order valence-corrected chi connectivity index (χ0v) is 76.4. The molecule has 2 N–H and O–H groups in total. The van der Waals surface area contributed by atoms with Gasteiger partial charge in [-0.2, -0.15) is 24.3 Å². The Hall–Kier alpha value is -13.7. The summed E-state index contributed by atoms with van der Waals surface area (Å²) in [5.41, 5.74) is 13.9. The van der Waals surface area contributed by atoms with E-state index in [1.54, 1.807) is 34.3 Å². The number of benzene rings is 21. The molecule has 5 aliphatic rings. The van der Waals surface area contributed by atoms with Crippen LogP contribution in [0.25, 0.3) is 157 Å². The van der Waals surface area contributed by atoms with Crippen LogP contribution < -0.4 is 10.1 Å². The van der Waals surface area contributed by atoms with Crippen molar-refractivity contribution in [3.05, 3.63) is 481 Å². The summed E-state index contributed by atoms with van der Waals surface area (Å²) in [6.45, 7) is 1.92. The number of rotatable bonds is 0. The molecule has 0 amide bonds. The second-order valence-electron chi connectivity index (χ2n) is 32.7. The fourth-order valence-electron chi connectivity index (χ4n) is 18.7. The first-order chi connectivity index (χ1) is 63.5. The molecule has 29 rings (SSSR count). The summed E-state index contributed by atoms with van der Waals surface area (Å²) in [4.78, 5) is 4.70. The Morgan fingerprint density at radius 2 is 0.791 bits per heavy atom. The molecule has 7 heteroatoms. The molecule has 0 saturated carbocycles. The van der Waals surface area contributed by atoms with Crippen molar-refractivity contribution in [2.45, 2.75) is 49.8 Å². The van der Waals surface area contributed by atoms with Gasteiger partial charge in [-0.3, -0.25) is 0 Å². The summed E-state index contributed by atoms with van der Waals surface area (Å²) < 4.78 is 12.2. The van der Waals surface area contributed by atoms with Gasteiger partial charge < -0.3 is 19.5 Å². The van der Waals surface area contributed by atoms with Crippen LogP contribution in [0.4, 0.5) is 5.69 Å². The van der Waals surface area contributed by atoms with Gasteiger partial charge in [0.15, 0.2) is 0 Å². The van der Waals surface area contributed by atoms with Crippen LogP contribution in [0.1, 0.15) is 45.4 Å². The molecule has 6 heterocycles. The number of thioether (sulfide) groups is 1. The molecule has 0 atom stereocenters. The summed E-state index contributed by atoms with van der Waals surface area (Å²) in [7, 11) is 0. The van der Waals surface area contributed by atoms with Crippen LogP contribution in [-0.2, 0) is 71.2 Å². The zero-order chi connectivity index (χ0) is 85.6. The minimum absolute atomic E-state index is 0. The Balaban J connectivity index is 0.0000000931. The molecule has 1 radical (unpaired) electrons. The van der Waals surface area contributed by atoms with Crippen LogP contribution in [0.5, 0.6) is 5.75 Å². The van der Waals surface area contributed by atoms with Gasteiger partial charge in [0, 0.05) is 100 Å². The normalized spacial score (nSPS) is 12.5. The number of aryl methyl sites for hydroxylation is 3. The monoisotopic (exact) mass is 1770 g/mol. The van der Waals surface area contributed by atoms with Crippen LogP contribution in [0.3, 0.4) is 0 Å². The van der Waals surface area contributed by atoms with Crippen molar-refractivity contribution in [2.75, 3.05) is 24.2 Å². The molecule has 4 nitrogen and oxygen atoms in total. The van der Waals surface area contributed by atoms with Gasteiger partial charge in [0.25, 0.3) is 0 Å².